The molecule has 1 rings (SSSR count). The van der Waals surface area contributed by atoms with Crippen molar-refractivity contribution in [2.45, 2.75) is 71.4 Å². The predicted molar refractivity (Wildman–Crippen MR) is 99.9 cm³/mol. The van der Waals surface area contributed by atoms with Crippen molar-refractivity contribution in [3.05, 3.63) is 45.4 Å². The topological polar surface area (TPSA) is 12.0 Å². The monoisotopic (exact) mass is 339 g/mol. The van der Waals surface area contributed by atoms with Gasteiger partial charge in [-0.3, -0.25) is 0 Å². The summed E-state index contributed by atoms with van der Waals surface area (Å²) in [6, 6.07) is 0. The minimum atomic E-state index is -2.08. The van der Waals surface area contributed by atoms with Crippen LogP contribution in [0.4, 0.5) is 0 Å². The zero-order valence-corrected chi connectivity index (χ0v) is 18.1. The van der Waals surface area contributed by atoms with Crippen molar-refractivity contribution in [3.63, 3.8) is 0 Å². The average molecular weight is 339 g/mol. The molecule has 22 heavy (non-hydrogen) atoms. The second kappa shape index (κ2) is 8.48. The molecule has 1 aliphatic carbocycles. The Bertz CT molecular complexity index is 484. The summed E-state index contributed by atoms with van der Waals surface area (Å²) in [5.74, 6) is 0.653. The SMILES string of the molecule is C=CC=CC.CC1=C(C)C(C)[C]([Ti]([CH3])([CH3])[NH]C(C)(C)C)=C1C. The van der Waals surface area contributed by atoms with Gasteiger partial charge in [0.15, 0.2) is 0 Å². The fraction of sp³-hybridized carbons (Fsp3) is 0.600. The maximum atomic E-state index is 3.94. The van der Waals surface area contributed by atoms with Crippen LogP contribution in [0.15, 0.2) is 45.4 Å². The van der Waals surface area contributed by atoms with E-state index in [2.05, 4.69) is 69.3 Å². The molecule has 0 bridgehead atoms. The van der Waals surface area contributed by atoms with Gasteiger partial charge in [-0.2, -0.15) is 0 Å². The molecule has 0 aromatic rings. The van der Waals surface area contributed by atoms with E-state index in [1.807, 2.05) is 19.1 Å². The van der Waals surface area contributed by atoms with Crippen molar-refractivity contribution in [2.75, 3.05) is 0 Å². The molecule has 1 nitrogen and oxygen atoms in total. The van der Waals surface area contributed by atoms with Gasteiger partial charge in [-0.05, 0) is 6.92 Å². The van der Waals surface area contributed by atoms with E-state index in [0.29, 0.717) is 5.92 Å². The van der Waals surface area contributed by atoms with Gasteiger partial charge < -0.3 is 0 Å². The summed E-state index contributed by atoms with van der Waals surface area (Å²) in [7, 11) is 0. The van der Waals surface area contributed by atoms with Crippen LogP contribution >= 0.6 is 0 Å². The molecule has 0 amide bonds. The van der Waals surface area contributed by atoms with Gasteiger partial charge in [0.2, 0.25) is 0 Å². The summed E-state index contributed by atoms with van der Waals surface area (Å²) >= 11 is -2.08. The first-order valence-corrected chi connectivity index (χ1v) is 13.0. The van der Waals surface area contributed by atoms with Crippen LogP contribution in [0, 0.1) is 5.92 Å². The summed E-state index contributed by atoms with van der Waals surface area (Å²) < 4.78 is 5.69. The quantitative estimate of drug-likeness (QED) is 0.454. The predicted octanol–water partition coefficient (Wildman–Crippen LogP) is 6.55. The Kier molecular flexibility index (Phi) is 8.34. The Labute approximate surface area is 143 Å². The zero-order valence-electron chi connectivity index (χ0n) is 16.5. The number of rotatable bonds is 3. The molecule has 0 aliphatic heterocycles. The van der Waals surface area contributed by atoms with Crippen molar-refractivity contribution in [1.29, 1.82) is 0 Å². The van der Waals surface area contributed by atoms with Crippen LogP contribution in [0.1, 0.15) is 55.4 Å². The first-order chi connectivity index (χ1) is 9.89. The van der Waals surface area contributed by atoms with Crippen LogP contribution in [0.2, 0.25) is 10.5 Å². The van der Waals surface area contributed by atoms with Crippen LogP contribution in [0.3, 0.4) is 0 Å². The van der Waals surface area contributed by atoms with Crippen molar-refractivity contribution in [1.82, 2.24) is 3.80 Å². The Hall–Kier alpha value is -0.366. The Morgan fingerprint density at radius 3 is 1.82 bits per heavy atom. The Morgan fingerprint density at radius 2 is 1.59 bits per heavy atom. The van der Waals surface area contributed by atoms with Crippen molar-refractivity contribution in [2.24, 2.45) is 5.92 Å². The zero-order chi connectivity index (χ0) is 17.7. The molecule has 0 radical (unpaired) electrons. The molecule has 0 fully saturated rings. The van der Waals surface area contributed by atoms with Crippen molar-refractivity contribution >= 4 is 0 Å². The summed E-state index contributed by atoms with van der Waals surface area (Å²) in [6.07, 6.45) is 5.58. The summed E-state index contributed by atoms with van der Waals surface area (Å²) in [4.78, 5) is 0. The second-order valence-electron chi connectivity index (χ2n) is 7.83. The van der Waals surface area contributed by atoms with Crippen LogP contribution in [-0.2, 0) is 16.8 Å². The van der Waals surface area contributed by atoms with E-state index < -0.39 is 16.8 Å². The third kappa shape index (κ3) is 6.03. The molecule has 1 aliphatic rings. The molecule has 0 saturated heterocycles. The molecule has 0 aromatic heterocycles. The maximum absolute atomic E-state index is 3.94. The number of allylic oxidation sites excluding steroid dienone is 7. The number of nitrogens with one attached hydrogen (secondary N) is 1. The molecule has 1 unspecified atom stereocenters. The van der Waals surface area contributed by atoms with E-state index in [1.54, 1.807) is 21.1 Å². The van der Waals surface area contributed by atoms with Crippen molar-refractivity contribution in [3.8, 4) is 0 Å². The fourth-order valence-corrected chi connectivity index (χ4v) is 10.4. The van der Waals surface area contributed by atoms with Crippen LogP contribution < -0.4 is 3.80 Å². The first kappa shape index (κ1) is 21.6. The summed E-state index contributed by atoms with van der Waals surface area (Å²) in [5.41, 5.74) is 4.89. The summed E-state index contributed by atoms with van der Waals surface area (Å²) in [5, 5.41) is 4.99. The second-order valence-corrected chi connectivity index (χ2v) is 14.1. The molecule has 0 spiro atoms. The van der Waals surface area contributed by atoms with E-state index in [4.69, 9.17) is 0 Å². The van der Waals surface area contributed by atoms with Gasteiger partial charge in [0.25, 0.3) is 0 Å². The third-order valence-electron chi connectivity index (χ3n) is 4.33. The van der Waals surface area contributed by atoms with Crippen LogP contribution in [0.5, 0.6) is 0 Å². The van der Waals surface area contributed by atoms with Gasteiger partial charge in [0, 0.05) is 0 Å². The van der Waals surface area contributed by atoms with E-state index in [-0.39, 0.29) is 5.54 Å². The summed E-state index contributed by atoms with van der Waals surface area (Å²) in [6.45, 7) is 21.5. The minimum absolute atomic E-state index is 0.223. The van der Waals surface area contributed by atoms with Gasteiger partial charge in [-0.15, -0.1) is 0 Å². The molecule has 0 heterocycles. The van der Waals surface area contributed by atoms with Gasteiger partial charge in [0.05, 0.1) is 0 Å². The average Bonchev–Trinajstić information content (AvgIpc) is 2.53. The van der Waals surface area contributed by atoms with Gasteiger partial charge in [-0.1, -0.05) is 24.8 Å². The van der Waals surface area contributed by atoms with Gasteiger partial charge in [0.1, 0.15) is 0 Å². The molecule has 1 N–H and O–H groups in total. The molecular formula is C20H37NTi. The molecule has 2 heteroatoms. The molecule has 0 saturated carbocycles. The van der Waals surface area contributed by atoms with E-state index in [1.165, 1.54) is 5.57 Å². The standard InChI is InChI=1S/C9H13.C5H8.C4H10N.2CH3.Ti/c1-6-5-7(2)9(4)8(6)3;1-3-5-4-2;1-4(2,3)5;;;/h6H,1-4H3;3-5H,1H2,2H3;5H,1-3H3;2*1H3;/q;;-1;;;+1. The fourth-order valence-electron chi connectivity index (χ4n) is 3.51. The Balaban J connectivity index is 0.000000763. The van der Waals surface area contributed by atoms with Crippen molar-refractivity contribution < 1.29 is 16.8 Å². The van der Waals surface area contributed by atoms with E-state index in [9.17, 15) is 0 Å². The van der Waals surface area contributed by atoms with E-state index in [0.717, 1.165) is 0 Å². The first-order valence-electron chi connectivity index (χ1n) is 8.31. The van der Waals surface area contributed by atoms with Gasteiger partial charge in [-0.25, -0.2) is 0 Å². The molecular weight excluding hydrogens is 302 g/mol. The molecule has 126 valence electrons. The van der Waals surface area contributed by atoms with E-state index >= 15 is 0 Å². The normalized spacial score (nSPS) is 19.6. The van der Waals surface area contributed by atoms with Crippen LogP contribution in [0.25, 0.3) is 0 Å². The molecule has 0 aromatic carbocycles. The molecule has 1 atom stereocenters. The number of hydrogen-bond acceptors (Lipinski definition) is 1. The van der Waals surface area contributed by atoms with Crippen LogP contribution in [-0.4, -0.2) is 5.54 Å². The van der Waals surface area contributed by atoms with Gasteiger partial charge >= 0.3 is 112 Å². The number of hydrogen-bond donors (Lipinski definition) is 1. The Morgan fingerprint density at radius 1 is 1.09 bits per heavy atom. The third-order valence-corrected chi connectivity index (χ3v) is 9.84.